The largest absolute Gasteiger partial charge is 0.391 e. The van der Waals surface area contributed by atoms with Gasteiger partial charge in [0.05, 0.1) is 17.6 Å². The molecule has 1 heterocycles. The third-order valence-electron chi connectivity index (χ3n) is 1.63. The Morgan fingerprint density at radius 3 is 2.00 bits per heavy atom. The SMILES string of the molecule is O=S1(=O)CC(O)C(S(=O)(=O)F)C1. The van der Waals surface area contributed by atoms with Gasteiger partial charge in [-0.05, 0) is 0 Å². The highest BCUT2D eigenvalue weighted by atomic mass is 32.3. The topological polar surface area (TPSA) is 88.5 Å². The van der Waals surface area contributed by atoms with Gasteiger partial charge in [0.15, 0.2) is 9.84 Å². The minimum Gasteiger partial charge on any atom is -0.391 e. The van der Waals surface area contributed by atoms with Crippen LogP contribution in [0.1, 0.15) is 0 Å². The number of aliphatic hydroxyl groups excluding tert-OH is 1. The molecule has 0 amide bonds. The Labute approximate surface area is 69.3 Å². The Kier molecular flexibility index (Phi) is 2.17. The van der Waals surface area contributed by atoms with Gasteiger partial charge in [0.25, 0.3) is 0 Å². The quantitative estimate of drug-likeness (QED) is 0.538. The lowest BCUT2D eigenvalue weighted by atomic mass is 10.3. The Bertz CT molecular complexity index is 368. The normalized spacial score (nSPS) is 35.2. The van der Waals surface area contributed by atoms with Gasteiger partial charge in [-0.25, -0.2) is 8.42 Å². The molecule has 1 fully saturated rings. The summed E-state index contributed by atoms with van der Waals surface area (Å²) < 4.78 is 54.1. The molecular weight excluding hydrogens is 211 g/mol. The third kappa shape index (κ3) is 1.93. The summed E-state index contributed by atoms with van der Waals surface area (Å²) in [5.41, 5.74) is 0. The summed E-state index contributed by atoms with van der Waals surface area (Å²) in [4.78, 5) is 0. The van der Waals surface area contributed by atoms with E-state index in [0.29, 0.717) is 0 Å². The van der Waals surface area contributed by atoms with Crippen molar-refractivity contribution in [3.8, 4) is 0 Å². The first-order valence-corrected chi connectivity index (χ1v) is 6.31. The molecule has 2 unspecified atom stereocenters. The van der Waals surface area contributed by atoms with Crippen molar-refractivity contribution in [3.05, 3.63) is 0 Å². The summed E-state index contributed by atoms with van der Waals surface area (Å²) in [5.74, 6) is -1.51. The predicted molar refractivity (Wildman–Crippen MR) is 38.5 cm³/mol. The van der Waals surface area contributed by atoms with Crippen LogP contribution in [0.4, 0.5) is 3.89 Å². The average molecular weight is 218 g/mol. The van der Waals surface area contributed by atoms with E-state index in [-0.39, 0.29) is 0 Å². The number of sulfone groups is 1. The zero-order valence-electron chi connectivity index (χ0n) is 5.84. The lowest BCUT2D eigenvalue weighted by Crippen LogP contribution is -2.29. The van der Waals surface area contributed by atoms with Crippen molar-refractivity contribution < 1.29 is 25.8 Å². The zero-order chi connectivity index (χ0) is 9.57. The van der Waals surface area contributed by atoms with Gasteiger partial charge < -0.3 is 5.11 Å². The van der Waals surface area contributed by atoms with Gasteiger partial charge in [-0.15, -0.1) is 3.89 Å². The second kappa shape index (κ2) is 2.64. The van der Waals surface area contributed by atoms with Gasteiger partial charge in [-0.2, -0.15) is 8.42 Å². The van der Waals surface area contributed by atoms with Crippen molar-refractivity contribution in [2.45, 2.75) is 11.4 Å². The highest BCUT2D eigenvalue weighted by Gasteiger charge is 2.44. The first-order valence-electron chi connectivity index (χ1n) is 3.04. The number of halogens is 1. The van der Waals surface area contributed by atoms with Crippen LogP contribution in [-0.4, -0.2) is 44.8 Å². The fourth-order valence-electron chi connectivity index (χ4n) is 1.07. The standard InChI is InChI=1S/C4H7FO5S2/c5-12(9,10)4-2-11(7,8)1-3(4)6/h3-4,6H,1-2H2. The number of hydrogen-bond acceptors (Lipinski definition) is 5. The molecule has 0 saturated carbocycles. The molecule has 1 saturated heterocycles. The van der Waals surface area contributed by atoms with Crippen LogP contribution in [0.3, 0.4) is 0 Å². The minimum atomic E-state index is -4.95. The molecule has 12 heavy (non-hydrogen) atoms. The number of hydrogen-bond donors (Lipinski definition) is 1. The predicted octanol–water partition coefficient (Wildman–Crippen LogP) is -1.56. The maximum absolute atomic E-state index is 12.2. The van der Waals surface area contributed by atoms with Crippen LogP contribution in [0.25, 0.3) is 0 Å². The fourth-order valence-corrected chi connectivity index (χ4v) is 4.54. The van der Waals surface area contributed by atoms with E-state index < -0.39 is 42.9 Å². The summed E-state index contributed by atoms with van der Waals surface area (Å²) in [6, 6.07) is 0. The van der Waals surface area contributed by atoms with Gasteiger partial charge in [0, 0.05) is 0 Å². The molecule has 1 N–H and O–H groups in total. The van der Waals surface area contributed by atoms with Gasteiger partial charge >= 0.3 is 10.2 Å². The van der Waals surface area contributed by atoms with Gasteiger partial charge in [-0.3, -0.25) is 0 Å². The van der Waals surface area contributed by atoms with E-state index in [1.54, 1.807) is 0 Å². The molecule has 0 radical (unpaired) electrons. The Hall–Kier alpha value is -0.210. The van der Waals surface area contributed by atoms with E-state index in [1.165, 1.54) is 0 Å². The molecule has 8 heteroatoms. The summed E-state index contributed by atoms with van der Waals surface area (Å²) in [5, 5.41) is 7.06. The van der Waals surface area contributed by atoms with Crippen molar-refractivity contribution in [2.75, 3.05) is 11.5 Å². The Morgan fingerprint density at radius 2 is 1.83 bits per heavy atom. The fraction of sp³-hybridized carbons (Fsp3) is 1.00. The van der Waals surface area contributed by atoms with E-state index in [2.05, 4.69) is 0 Å². The van der Waals surface area contributed by atoms with E-state index in [0.717, 1.165) is 0 Å². The highest BCUT2D eigenvalue weighted by molar-refractivity contribution is 7.94. The van der Waals surface area contributed by atoms with E-state index in [4.69, 9.17) is 5.11 Å². The van der Waals surface area contributed by atoms with E-state index in [1.807, 2.05) is 0 Å². The maximum Gasteiger partial charge on any atom is 0.308 e. The molecule has 2 atom stereocenters. The van der Waals surface area contributed by atoms with Crippen LogP contribution in [0.5, 0.6) is 0 Å². The Balaban J connectivity index is 3.01. The van der Waals surface area contributed by atoms with Crippen molar-refractivity contribution >= 4 is 20.1 Å². The van der Waals surface area contributed by atoms with E-state index >= 15 is 0 Å². The second-order valence-corrected chi connectivity index (χ2v) is 6.37. The van der Waals surface area contributed by atoms with Gasteiger partial charge in [0.1, 0.15) is 5.25 Å². The number of aliphatic hydroxyl groups is 1. The first kappa shape index (κ1) is 9.87. The van der Waals surface area contributed by atoms with Crippen LogP contribution in [0.2, 0.25) is 0 Å². The summed E-state index contributed by atoms with van der Waals surface area (Å²) in [6.45, 7) is 0. The summed E-state index contributed by atoms with van der Waals surface area (Å²) in [7, 11) is -8.55. The molecule has 0 spiro atoms. The molecule has 1 rings (SSSR count). The smallest absolute Gasteiger partial charge is 0.308 e. The molecule has 0 aromatic rings. The minimum absolute atomic E-state index is 0.680. The van der Waals surface area contributed by atoms with Crippen LogP contribution in [-0.2, 0) is 20.1 Å². The first-order chi connectivity index (χ1) is 5.22. The van der Waals surface area contributed by atoms with E-state index in [9.17, 15) is 20.7 Å². The molecule has 0 aliphatic carbocycles. The highest BCUT2D eigenvalue weighted by Crippen LogP contribution is 2.20. The molecule has 0 aromatic carbocycles. The van der Waals surface area contributed by atoms with Crippen LogP contribution < -0.4 is 0 Å². The van der Waals surface area contributed by atoms with Crippen LogP contribution >= 0.6 is 0 Å². The molecule has 0 aromatic heterocycles. The third-order valence-corrected chi connectivity index (χ3v) is 4.77. The van der Waals surface area contributed by atoms with Crippen molar-refractivity contribution in [2.24, 2.45) is 0 Å². The summed E-state index contributed by atoms with van der Waals surface area (Å²) in [6.07, 6.45) is -1.63. The molecule has 1 aliphatic heterocycles. The average Bonchev–Trinajstić information content (AvgIpc) is 2.03. The molecule has 0 bridgehead atoms. The second-order valence-electron chi connectivity index (χ2n) is 2.66. The molecular formula is C4H7FO5S2. The van der Waals surface area contributed by atoms with Crippen LogP contribution in [0.15, 0.2) is 0 Å². The maximum atomic E-state index is 12.2. The lowest BCUT2D eigenvalue weighted by molar-refractivity contribution is 0.202. The molecule has 5 nitrogen and oxygen atoms in total. The monoisotopic (exact) mass is 218 g/mol. The summed E-state index contributed by atoms with van der Waals surface area (Å²) >= 11 is 0. The Morgan fingerprint density at radius 1 is 1.33 bits per heavy atom. The molecule has 1 aliphatic rings. The van der Waals surface area contributed by atoms with Crippen molar-refractivity contribution in [1.82, 2.24) is 0 Å². The van der Waals surface area contributed by atoms with Crippen molar-refractivity contribution in [3.63, 3.8) is 0 Å². The lowest BCUT2D eigenvalue weighted by Gasteiger charge is -2.05. The van der Waals surface area contributed by atoms with Gasteiger partial charge in [-0.1, -0.05) is 0 Å². The zero-order valence-corrected chi connectivity index (χ0v) is 7.48. The van der Waals surface area contributed by atoms with Crippen LogP contribution in [0, 0.1) is 0 Å². The molecule has 72 valence electrons. The van der Waals surface area contributed by atoms with Gasteiger partial charge in [0.2, 0.25) is 0 Å². The number of rotatable bonds is 1. The van der Waals surface area contributed by atoms with Crippen molar-refractivity contribution in [1.29, 1.82) is 0 Å².